The maximum absolute atomic E-state index is 11.1. The summed E-state index contributed by atoms with van der Waals surface area (Å²) < 4.78 is 0. The van der Waals surface area contributed by atoms with Crippen LogP contribution in [0.3, 0.4) is 0 Å². The van der Waals surface area contributed by atoms with Crippen LogP contribution in [0.1, 0.15) is 35.6 Å². The summed E-state index contributed by atoms with van der Waals surface area (Å²) in [5, 5.41) is 0. The van der Waals surface area contributed by atoms with Crippen LogP contribution in [0.15, 0.2) is 18.7 Å². The first-order valence-electron chi connectivity index (χ1n) is 4.16. The first kappa shape index (κ1) is 9.65. The lowest BCUT2D eigenvalue weighted by atomic mass is 10.1. The maximum atomic E-state index is 11.1. The Bertz CT molecular complexity index is 334. The molecule has 0 radical (unpaired) electrons. The van der Waals surface area contributed by atoms with Crippen molar-refractivity contribution in [3.8, 4) is 0 Å². The lowest BCUT2D eigenvalue weighted by molar-refractivity contribution is 0.101. The largest absolute Gasteiger partial charge is 0.293 e. The third-order valence-corrected chi connectivity index (χ3v) is 1.77. The van der Waals surface area contributed by atoms with E-state index >= 15 is 0 Å². The van der Waals surface area contributed by atoms with Gasteiger partial charge in [0.15, 0.2) is 5.78 Å². The van der Waals surface area contributed by atoms with Gasteiger partial charge >= 0.3 is 0 Å². The molecule has 0 N–H and O–H groups in total. The number of nitrogens with zero attached hydrogens (tertiary/aromatic N) is 1. The molecule has 0 aliphatic heterocycles. The van der Waals surface area contributed by atoms with Crippen molar-refractivity contribution in [1.29, 1.82) is 0 Å². The van der Waals surface area contributed by atoms with E-state index in [2.05, 4.69) is 11.6 Å². The van der Waals surface area contributed by atoms with Crippen LogP contribution in [0.5, 0.6) is 0 Å². The fourth-order valence-corrected chi connectivity index (χ4v) is 1.07. The van der Waals surface area contributed by atoms with Gasteiger partial charge in [-0.05, 0) is 37.1 Å². The second-order valence-corrected chi connectivity index (χ2v) is 3.25. The van der Waals surface area contributed by atoms with Crippen molar-refractivity contribution in [3.63, 3.8) is 0 Å². The van der Waals surface area contributed by atoms with E-state index in [0.29, 0.717) is 5.69 Å². The molecule has 1 heterocycles. The predicted molar refractivity (Wildman–Crippen MR) is 53.7 cm³/mol. The fraction of sp³-hybridized carbons (Fsp3) is 0.273. The quantitative estimate of drug-likeness (QED) is 0.647. The number of Topliss-reactive ketones (excluding diaryl/α,β-unsaturated/α-hetero) is 1. The summed E-state index contributed by atoms with van der Waals surface area (Å²) in [6.07, 6.45) is 0. The second kappa shape index (κ2) is 3.52. The zero-order valence-electron chi connectivity index (χ0n) is 8.22. The van der Waals surface area contributed by atoms with Gasteiger partial charge in [-0.15, -0.1) is 0 Å². The molecule has 1 aromatic heterocycles. The summed E-state index contributed by atoms with van der Waals surface area (Å²) in [6, 6.07) is 3.71. The van der Waals surface area contributed by atoms with Gasteiger partial charge in [0.1, 0.15) is 5.69 Å². The van der Waals surface area contributed by atoms with Gasteiger partial charge in [0.25, 0.3) is 0 Å². The summed E-state index contributed by atoms with van der Waals surface area (Å²) in [5.74, 6) is -0.00815. The van der Waals surface area contributed by atoms with Crippen molar-refractivity contribution < 1.29 is 4.79 Å². The number of aromatic nitrogens is 1. The molecular weight excluding hydrogens is 162 g/mol. The van der Waals surface area contributed by atoms with Crippen molar-refractivity contribution >= 4 is 11.4 Å². The van der Waals surface area contributed by atoms with Gasteiger partial charge in [-0.1, -0.05) is 6.58 Å². The fourth-order valence-electron chi connectivity index (χ4n) is 1.07. The molecule has 68 valence electrons. The van der Waals surface area contributed by atoms with E-state index in [0.717, 1.165) is 16.8 Å². The van der Waals surface area contributed by atoms with E-state index < -0.39 is 0 Å². The molecule has 0 aliphatic carbocycles. The van der Waals surface area contributed by atoms with Crippen LogP contribution in [0.25, 0.3) is 5.57 Å². The number of rotatable bonds is 2. The minimum atomic E-state index is -0.00815. The number of carbonyl (C=O) groups excluding carboxylic acids is 1. The van der Waals surface area contributed by atoms with Crippen molar-refractivity contribution in [2.24, 2.45) is 0 Å². The highest BCUT2D eigenvalue weighted by molar-refractivity contribution is 5.92. The highest BCUT2D eigenvalue weighted by atomic mass is 16.1. The molecule has 1 aromatic rings. The van der Waals surface area contributed by atoms with Crippen molar-refractivity contribution in [2.75, 3.05) is 0 Å². The molecule has 0 saturated carbocycles. The van der Waals surface area contributed by atoms with Gasteiger partial charge in [0.05, 0.1) is 5.69 Å². The van der Waals surface area contributed by atoms with Gasteiger partial charge in [0.2, 0.25) is 0 Å². The van der Waals surface area contributed by atoms with Crippen molar-refractivity contribution in [1.82, 2.24) is 4.98 Å². The van der Waals surface area contributed by atoms with E-state index in [-0.39, 0.29) is 5.78 Å². The van der Waals surface area contributed by atoms with Crippen LogP contribution >= 0.6 is 0 Å². The average molecular weight is 175 g/mol. The summed E-state index contributed by atoms with van der Waals surface area (Å²) >= 11 is 0. The number of hydrogen-bond donors (Lipinski definition) is 0. The molecule has 0 atom stereocenters. The minimum absolute atomic E-state index is 0.00815. The van der Waals surface area contributed by atoms with Gasteiger partial charge in [-0.3, -0.25) is 4.79 Å². The number of ketones is 1. The number of pyridine rings is 1. The third-order valence-electron chi connectivity index (χ3n) is 1.77. The zero-order chi connectivity index (χ0) is 10.0. The van der Waals surface area contributed by atoms with E-state index in [1.165, 1.54) is 6.92 Å². The van der Waals surface area contributed by atoms with Crippen LogP contribution in [0, 0.1) is 6.92 Å². The molecule has 2 heteroatoms. The summed E-state index contributed by atoms with van der Waals surface area (Å²) in [6.45, 7) is 9.14. The molecule has 0 fully saturated rings. The van der Waals surface area contributed by atoms with Crippen LogP contribution < -0.4 is 0 Å². The maximum Gasteiger partial charge on any atom is 0.178 e. The highest BCUT2D eigenvalue weighted by Crippen LogP contribution is 2.12. The molecule has 13 heavy (non-hydrogen) atoms. The third kappa shape index (κ3) is 2.25. The average Bonchev–Trinajstić information content (AvgIpc) is 2.03. The molecule has 0 aromatic carbocycles. The van der Waals surface area contributed by atoms with E-state index in [4.69, 9.17) is 0 Å². The smallest absolute Gasteiger partial charge is 0.178 e. The van der Waals surface area contributed by atoms with Crippen molar-refractivity contribution in [2.45, 2.75) is 20.8 Å². The second-order valence-electron chi connectivity index (χ2n) is 3.25. The summed E-state index contributed by atoms with van der Waals surface area (Å²) in [4.78, 5) is 15.3. The van der Waals surface area contributed by atoms with Crippen LogP contribution in [-0.2, 0) is 0 Å². The van der Waals surface area contributed by atoms with Gasteiger partial charge in [0, 0.05) is 6.92 Å². The van der Waals surface area contributed by atoms with Gasteiger partial charge < -0.3 is 0 Å². The predicted octanol–water partition coefficient (Wildman–Crippen LogP) is 2.63. The normalized spacial score (nSPS) is 9.77. The molecule has 0 saturated heterocycles. The number of allylic oxidation sites excluding steroid dienone is 1. The Kier molecular flexibility index (Phi) is 2.61. The van der Waals surface area contributed by atoms with Crippen LogP contribution in [0.2, 0.25) is 0 Å². The van der Waals surface area contributed by atoms with Gasteiger partial charge in [-0.2, -0.15) is 0 Å². The van der Waals surface area contributed by atoms with E-state index in [9.17, 15) is 4.79 Å². The Morgan fingerprint density at radius 1 is 1.31 bits per heavy atom. The SMILES string of the molecule is C=C(C)c1cc(C)cc(C(C)=O)n1. The Morgan fingerprint density at radius 3 is 2.31 bits per heavy atom. The summed E-state index contributed by atoms with van der Waals surface area (Å²) in [5.41, 5.74) is 3.23. The highest BCUT2D eigenvalue weighted by Gasteiger charge is 2.04. The molecular formula is C11H13NO. The lowest BCUT2D eigenvalue weighted by Gasteiger charge is -2.03. The van der Waals surface area contributed by atoms with Crippen LogP contribution in [-0.4, -0.2) is 10.8 Å². The van der Waals surface area contributed by atoms with E-state index in [1.54, 1.807) is 6.07 Å². The number of carbonyl (C=O) groups is 1. The Morgan fingerprint density at radius 2 is 1.85 bits per heavy atom. The monoisotopic (exact) mass is 175 g/mol. The van der Waals surface area contributed by atoms with Gasteiger partial charge in [-0.25, -0.2) is 4.98 Å². The van der Waals surface area contributed by atoms with Crippen molar-refractivity contribution in [3.05, 3.63) is 35.7 Å². The molecule has 0 unspecified atom stereocenters. The first-order chi connectivity index (χ1) is 6.00. The summed E-state index contributed by atoms with van der Waals surface area (Å²) in [7, 11) is 0. The van der Waals surface area contributed by atoms with E-state index in [1.807, 2.05) is 19.9 Å². The Balaban J connectivity index is 3.26. The topological polar surface area (TPSA) is 30.0 Å². The minimum Gasteiger partial charge on any atom is -0.293 e. The first-order valence-corrected chi connectivity index (χ1v) is 4.16. The Labute approximate surface area is 78.3 Å². The lowest BCUT2D eigenvalue weighted by Crippen LogP contribution is -2.00. The molecule has 1 rings (SSSR count). The molecule has 0 spiro atoms. The zero-order valence-corrected chi connectivity index (χ0v) is 8.22. The molecule has 0 bridgehead atoms. The standard InChI is InChI=1S/C11H13NO/c1-7(2)10-5-8(3)6-11(12-10)9(4)13/h5-6H,1H2,2-4H3. The number of aryl methyl sites for hydroxylation is 1. The van der Waals surface area contributed by atoms with Crippen LogP contribution in [0.4, 0.5) is 0 Å². The molecule has 2 nitrogen and oxygen atoms in total. The molecule has 0 aliphatic rings. The Hall–Kier alpha value is -1.44. The number of hydrogen-bond acceptors (Lipinski definition) is 2. The molecule has 0 amide bonds.